The smallest absolute Gasteiger partial charge is 0.193 e. The number of nitrogens with one attached hydrogen (secondary N) is 1. The Labute approximate surface area is 170 Å². The SMILES string of the molecule is I.NC(=NCC1COC2(CCCC2)O1)Nc1ccc2c(c1)OCCCO2. The van der Waals surface area contributed by atoms with Crippen molar-refractivity contribution in [1.82, 2.24) is 0 Å². The van der Waals surface area contributed by atoms with E-state index in [1.54, 1.807) is 0 Å². The number of ether oxygens (including phenoxy) is 4. The fourth-order valence-corrected chi connectivity index (χ4v) is 3.51. The van der Waals surface area contributed by atoms with Crippen molar-refractivity contribution >= 4 is 35.6 Å². The molecule has 26 heavy (non-hydrogen) atoms. The summed E-state index contributed by atoms with van der Waals surface area (Å²) in [6.07, 6.45) is 5.16. The van der Waals surface area contributed by atoms with Crippen LogP contribution in [0.5, 0.6) is 11.5 Å². The molecule has 0 amide bonds. The molecule has 2 fully saturated rings. The number of nitrogens with zero attached hydrogens (tertiary/aromatic N) is 1. The number of guanidine groups is 1. The van der Waals surface area contributed by atoms with Crippen molar-refractivity contribution in [3.8, 4) is 11.5 Å². The Morgan fingerprint density at radius 2 is 1.92 bits per heavy atom. The minimum Gasteiger partial charge on any atom is -0.490 e. The van der Waals surface area contributed by atoms with E-state index in [-0.39, 0.29) is 35.9 Å². The van der Waals surface area contributed by atoms with Crippen LogP contribution in [-0.4, -0.2) is 44.2 Å². The Morgan fingerprint density at radius 3 is 2.73 bits per heavy atom. The van der Waals surface area contributed by atoms with Gasteiger partial charge in [-0.15, -0.1) is 24.0 Å². The summed E-state index contributed by atoms with van der Waals surface area (Å²) in [6.45, 7) is 2.40. The zero-order chi connectivity index (χ0) is 17.1. The molecule has 3 aliphatic rings. The fourth-order valence-electron chi connectivity index (χ4n) is 3.51. The number of rotatable bonds is 3. The molecule has 1 aliphatic carbocycles. The molecular weight excluding hydrogens is 449 g/mol. The van der Waals surface area contributed by atoms with Gasteiger partial charge in [-0.2, -0.15) is 0 Å². The summed E-state index contributed by atoms with van der Waals surface area (Å²) in [4.78, 5) is 4.39. The maximum atomic E-state index is 6.05. The molecule has 1 aromatic carbocycles. The van der Waals surface area contributed by atoms with Crippen LogP contribution in [0.4, 0.5) is 5.69 Å². The van der Waals surface area contributed by atoms with Gasteiger partial charge in [0.25, 0.3) is 0 Å². The van der Waals surface area contributed by atoms with Gasteiger partial charge in [-0.1, -0.05) is 0 Å². The Bertz CT molecular complexity index is 649. The maximum Gasteiger partial charge on any atom is 0.193 e. The standard InChI is InChI=1S/C18H25N3O4.HI/c19-17(20-11-14-12-24-18(25-14)6-1-2-7-18)21-13-4-5-15-16(10-13)23-9-3-8-22-15;/h4-5,10,14H,1-3,6-9,11-12H2,(H3,19,20,21);1H. The van der Waals surface area contributed by atoms with E-state index in [1.165, 1.54) is 12.8 Å². The molecular formula is C18H26IN3O4. The van der Waals surface area contributed by atoms with E-state index in [9.17, 15) is 0 Å². The Hall–Kier alpha value is -1.26. The zero-order valence-corrected chi connectivity index (χ0v) is 17.1. The molecule has 2 aliphatic heterocycles. The van der Waals surface area contributed by atoms with Crippen LogP contribution < -0.4 is 20.5 Å². The molecule has 0 aromatic heterocycles. The van der Waals surface area contributed by atoms with Crippen LogP contribution in [0.3, 0.4) is 0 Å². The summed E-state index contributed by atoms with van der Waals surface area (Å²) >= 11 is 0. The second-order valence-electron chi connectivity index (χ2n) is 6.73. The van der Waals surface area contributed by atoms with E-state index in [4.69, 9.17) is 24.7 Å². The van der Waals surface area contributed by atoms with Gasteiger partial charge in [0.15, 0.2) is 23.2 Å². The Morgan fingerprint density at radius 1 is 1.15 bits per heavy atom. The summed E-state index contributed by atoms with van der Waals surface area (Å²) < 4.78 is 23.2. The van der Waals surface area contributed by atoms with E-state index in [0.717, 1.165) is 36.4 Å². The normalized spacial score (nSPS) is 24.2. The zero-order valence-electron chi connectivity index (χ0n) is 14.7. The molecule has 3 N–H and O–H groups in total. The molecule has 0 bridgehead atoms. The van der Waals surface area contributed by atoms with Crippen molar-refractivity contribution in [2.75, 3.05) is 31.7 Å². The second-order valence-corrected chi connectivity index (χ2v) is 6.73. The van der Waals surface area contributed by atoms with Gasteiger partial charge in [-0.3, -0.25) is 4.99 Å². The summed E-state index contributed by atoms with van der Waals surface area (Å²) in [5.41, 5.74) is 6.83. The van der Waals surface area contributed by atoms with Crippen molar-refractivity contribution in [3.63, 3.8) is 0 Å². The highest BCUT2D eigenvalue weighted by Gasteiger charge is 2.43. The molecule has 7 nitrogen and oxygen atoms in total. The number of hydrogen-bond acceptors (Lipinski definition) is 5. The minimum absolute atomic E-state index is 0. The number of halogens is 1. The lowest BCUT2D eigenvalue weighted by atomic mass is 10.2. The maximum absolute atomic E-state index is 6.05. The van der Waals surface area contributed by atoms with Gasteiger partial charge in [0.1, 0.15) is 6.10 Å². The average molecular weight is 475 g/mol. The summed E-state index contributed by atoms with van der Waals surface area (Å²) in [5.74, 6) is 1.49. The van der Waals surface area contributed by atoms with E-state index < -0.39 is 0 Å². The number of benzene rings is 1. The van der Waals surface area contributed by atoms with Crippen LogP contribution in [-0.2, 0) is 9.47 Å². The molecule has 1 saturated heterocycles. The molecule has 1 saturated carbocycles. The number of aliphatic imine (C=N–C) groups is 1. The highest BCUT2D eigenvalue weighted by molar-refractivity contribution is 14.0. The van der Waals surface area contributed by atoms with E-state index in [2.05, 4.69) is 10.3 Å². The monoisotopic (exact) mass is 475 g/mol. The number of nitrogens with two attached hydrogens (primary N) is 1. The largest absolute Gasteiger partial charge is 0.490 e. The number of fused-ring (bicyclic) bond motifs is 1. The van der Waals surface area contributed by atoms with Crippen LogP contribution in [0.1, 0.15) is 32.1 Å². The number of anilines is 1. The van der Waals surface area contributed by atoms with Gasteiger partial charge >= 0.3 is 0 Å². The van der Waals surface area contributed by atoms with Crippen molar-refractivity contribution in [2.45, 2.75) is 44.0 Å². The van der Waals surface area contributed by atoms with Gasteiger partial charge in [0, 0.05) is 31.0 Å². The molecule has 1 spiro atoms. The molecule has 8 heteroatoms. The third-order valence-corrected chi connectivity index (χ3v) is 4.76. The predicted molar refractivity (Wildman–Crippen MR) is 110 cm³/mol. The van der Waals surface area contributed by atoms with Crippen LogP contribution in [0.25, 0.3) is 0 Å². The lowest BCUT2D eigenvalue weighted by Crippen LogP contribution is -2.28. The van der Waals surface area contributed by atoms with Crippen molar-refractivity contribution in [2.24, 2.45) is 10.7 Å². The first-order chi connectivity index (χ1) is 12.2. The molecule has 144 valence electrons. The third kappa shape index (κ3) is 4.52. The molecule has 1 aromatic rings. The van der Waals surface area contributed by atoms with Gasteiger partial charge < -0.3 is 30.0 Å². The molecule has 1 atom stereocenters. The quantitative estimate of drug-likeness (QED) is 0.397. The van der Waals surface area contributed by atoms with Gasteiger partial charge in [0.05, 0.1) is 26.4 Å². The van der Waals surface area contributed by atoms with Crippen molar-refractivity contribution in [1.29, 1.82) is 0 Å². The third-order valence-electron chi connectivity index (χ3n) is 4.76. The highest BCUT2D eigenvalue weighted by Crippen LogP contribution is 2.39. The summed E-state index contributed by atoms with van der Waals surface area (Å²) in [7, 11) is 0. The average Bonchev–Trinajstić information content (AvgIpc) is 3.17. The van der Waals surface area contributed by atoms with Gasteiger partial charge in [-0.25, -0.2) is 0 Å². The van der Waals surface area contributed by atoms with Crippen molar-refractivity contribution in [3.05, 3.63) is 18.2 Å². The Balaban J connectivity index is 0.00000196. The first kappa shape index (κ1) is 19.5. The highest BCUT2D eigenvalue weighted by atomic mass is 127. The molecule has 2 heterocycles. The van der Waals surface area contributed by atoms with E-state index in [0.29, 0.717) is 32.3 Å². The fraction of sp³-hybridized carbons (Fsp3) is 0.611. The lowest BCUT2D eigenvalue weighted by Gasteiger charge is -2.21. The molecule has 4 rings (SSSR count). The van der Waals surface area contributed by atoms with Crippen molar-refractivity contribution < 1.29 is 18.9 Å². The first-order valence-corrected chi connectivity index (χ1v) is 9.01. The van der Waals surface area contributed by atoms with Crippen LogP contribution >= 0.6 is 24.0 Å². The summed E-state index contributed by atoms with van der Waals surface area (Å²) in [6, 6.07) is 5.67. The predicted octanol–water partition coefficient (Wildman–Crippen LogP) is 2.88. The van der Waals surface area contributed by atoms with Crippen LogP contribution in [0.15, 0.2) is 23.2 Å². The Kier molecular flexibility index (Phi) is 6.46. The van der Waals surface area contributed by atoms with E-state index >= 15 is 0 Å². The molecule has 0 radical (unpaired) electrons. The van der Waals surface area contributed by atoms with Crippen LogP contribution in [0, 0.1) is 0 Å². The minimum atomic E-state index is -0.350. The van der Waals surface area contributed by atoms with Gasteiger partial charge in [0.2, 0.25) is 0 Å². The lowest BCUT2D eigenvalue weighted by molar-refractivity contribution is -0.160. The number of hydrogen-bond donors (Lipinski definition) is 2. The summed E-state index contributed by atoms with van der Waals surface area (Å²) in [5, 5.41) is 3.09. The van der Waals surface area contributed by atoms with Gasteiger partial charge in [-0.05, 0) is 25.0 Å². The first-order valence-electron chi connectivity index (χ1n) is 9.01. The second kappa shape index (κ2) is 8.62. The van der Waals surface area contributed by atoms with E-state index in [1.807, 2.05) is 18.2 Å². The molecule has 1 unspecified atom stereocenters. The van der Waals surface area contributed by atoms with Crippen LogP contribution in [0.2, 0.25) is 0 Å². The topological polar surface area (TPSA) is 87.3 Å².